The molecule has 0 bridgehead atoms. The van der Waals surface area contributed by atoms with Crippen LogP contribution in [-0.4, -0.2) is 18.9 Å². The van der Waals surface area contributed by atoms with Crippen molar-refractivity contribution in [2.24, 2.45) is 4.99 Å². The van der Waals surface area contributed by atoms with E-state index < -0.39 is 15.9 Å². The number of sulfonamides is 1. The molecular formula is C23H18FN3O3S2. The lowest BCUT2D eigenvalue weighted by atomic mass is 10.2. The van der Waals surface area contributed by atoms with Crippen LogP contribution in [0.1, 0.15) is 10.4 Å². The van der Waals surface area contributed by atoms with Gasteiger partial charge in [0.25, 0.3) is 15.9 Å². The second kappa shape index (κ2) is 8.89. The van der Waals surface area contributed by atoms with E-state index in [1.807, 2.05) is 0 Å². The van der Waals surface area contributed by atoms with Crippen LogP contribution in [0.25, 0.3) is 10.2 Å². The molecule has 6 nitrogen and oxygen atoms in total. The van der Waals surface area contributed by atoms with Gasteiger partial charge in [0.2, 0.25) is 0 Å². The monoisotopic (exact) mass is 467 g/mol. The summed E-state index contributed by atoms with van der Waals surface area (Å²) in [7, 11) is -3.73. The van der Waals surface area contributed by atoms with Gasteiger partial charge in [0, 0.05) is 17.8 Å². The van der Waals surface area contributed by atoms with Crippen LogP contribution in [0, 0.1) is 5.82 Å². The van der Waals surface area contributed by atoms with E-state index in [2.05, 4.69) is 16.3 Å². The number of amides is 1. The number of anilines is 1. The number of benzene rings is 3. The average Bonchev–Trinajstić information content (AvgIpc) is 3.10. The zero-order valence-corrected chi connectivity index (χ0v) is 18.4. The molecule has 1 heterocycles. The lowest BCUT2D eigenvalue weighted by Crippen LogP contribution is -2.16. The van der Waals surface area contributed by atoms with Gasteiger partial charge in [-0.25, -0.2) is 12.8 Å². The van der Waals surface area contributed by atoms with Gasteiger partial charge in [-0.1, -0.05) is 35.6 Å². The van der Waals surface area contributed by atoms with Gasteiger partial charge in [-0.15, -0.1) is 6.58 Å². The van der Waals surface area contributed by atoms with Crippen LogP contribution in [0.15, 0.2) is 95.3 Å². The summed E-state index contributed by atoms with van der Waals surface area (Å²) < 4.78 is 43.4. The van der Waals surface area contributed by atoms with Gasteiger partial charge in [-0.3, -0.25) is 9.52 Å². The second-order valence-corrected chi connectivity index (χ2v) is 9.50. The van der Waals surface area contributed by atoms with E-state index >= 15 is 0 Å². The molecule has 4 rings (SSSR count). The van der Waals surface area contributed by atoms with Crippen molar-refractivity contribution in [2.75, 3.05) is 4.72 Å². The molecule has 0 aliphatic heterocycles. The standard InChI is InChI=1S/C23H18FN3O3S2/c1-2-14-27-20-13-10-17(24)15-21(20)31-23(27)25-22(28)16-8-11-18(12-9-16)26-32(29,30)19-6-4-3-5-7-19/h2-13,15,26H,1,14H2. The number of halogens is 1. The second-order valence-electron chi connectivity index (χ2n) is 6.81. The zero-order chi connectivity index (χ0) is 22.7. The van der Waals surface area contributed by atoms with Crippen molar-refractivity contribution in [1.82, 2.24) is 4.57 Å². The van der Waals surface area contributed by atoms with Crippen molar-refractivity contribution in [2.45, 2.75) is 11.4 Å². The van der Waals surface area contributed by atoms with Crippen molar-refractivity contribution < 1.29 is 17.6 Å². The number of nitrogens with zero attached hydrogens (tertiary/aromatic N) is 2. The first-order valence-electron chi connectivity index (χ1n) is 9.54. The lowest BCUT2D eigenvalue weighted by molar-refractivity contribution is 0.0998. The fourth-order valence-corrected chi connectivity index (χ4v) is 5.23. The molecule has 32 heavy (non-hydrogen) atoms. The predicted octanol–water partition coefficient (Wildman–Crippen LogP) is 4.57. The minimum atomic E-state index is -3.73. The maximum absolute atomic E-state index is 13.6. The number of aromatic nitrogens is 1. The topological polar surface area (TPSA) is 80.5 Å². The number of carbonyl (C=O) groups is 1. The summed E-state index contributed by atoms with van der Waals surface area (Å²) in [6.07, 6.45) is 1.67. The van der Waals surface area contributed by atoms with Crippen molar-refractivity contribution >= 4 is 43.2 Å². The number of hydrogen-bond donors (Lipinski definition) is 1. The number of thiazole rings is 1. The molecule has 0 saturated heterocycles. The highest BCUT2D eigenvalue weighted by Crippen LogP contribution is 2.20. The first-order valence-corrected chi connectivity index (χ1v) is 11.8. The van der Waals surface area contributed by atoms with Gasteiger partial charge in [0.15, 0.2) is 4.80 Å². The van der Waals surface area contributed by atoms with Gasteiger partial charge in [0.1, 0.15) is 5.82 Å². The van der Waals surface area contributed by atoms with E-state index in [-0.39, 0.29) is 10.7 Å². The Labute approximate surface area is 188 Å². The number of fused-ring (bicyclic) bond motifs is 1. The largest absolute Gasteiger partial charge is 0.312 e. The molecule has 0 fully saturated rings. The summed E-state index contributed by atoms with van der Waals surface area (Å²) in [5, 5.41) is 0. The minimum Gasteiger partial charge on any atom is -0.312 e. The van der Waals surface area contributed by atoms with E-state index in [4.69, 9.17) is 0 Å². The van der Waals surface area contributed by atoms with Crippen LogP contribution in [0.2, 0.25) is 0 Å². The molecule has 1 N–H and O–H groups in total. The van der Waals surface area contributed by atoms with Crippen LogP contribution in [0.3, 0.4) is 0 Å². The lowest BCUT2D eigenvalue weighted by Gasteiger charge is -2.08. The fourth-order valence-electron chi connectivity index (χ4n) is 3.08. The van der Waals surface area contributed by atoms with Gasteiger partial charge in [-0.05, 0) is 54.6 Å². The molecule has 0 aliphatic carbocycles. The van der Waals surface area contributed by atoms with E-state index in [0.29, 0.717) is 27.3 Å². The summed E-state index contributed by atoms with van der Waals surface area (Å²) in [5.74, 6) is -0.858. The van der Waals surface area contributed by atoms with Crippen LogP contribution in [-0.2, 0) is 16.6 Å². The summed E-state index contributed by atoms with van der Waals surface area (Å²) >= 11 is 1.21. The van der Waals surface area contributed by atoms with Crippen molar-refractivity contribution in [3.8, 4) is 0 Å². The number of rotatable bonds is 6. The third kappa shape index (κ3) is 4.53. The van der Waals surface area contributed by atoms with Gasteiger partial charge < -0.3 is 4.57 Å². The average molecular weight is 468 g/mol. The van der Waals surface area contributed by atoms with Crippen molar-refractivity contribution in [3.05, 3.63) is 102 Å². The maximum atomic E-state index is 13.6. The normalized spacial score (nSPS) is 12.1. The Morgan fingerprint density at radius 3 is 2.50 bits per heavy atom. The number of allylic oxidation sites excluding steroid dienone is 1. The highest BCUT2D eigenvalue weighted by Gasteiger charge is 2.14. The van der Waals surface area contributed by atoms with E-state index in [1.54, 1.807) is 34.9 Å². The van der Waals surface area contributed by atoms with Gasteiger partial charge in [0.05, 0.1) is 15.1 Å². The quantitative estimate of drug-likeness (QED) is 0.422. The summed E-state index contributed by atoms with van der Waals surface area (Å²) in [5.41, 5.74) is 1.37. The molecule has 9 heteroatoms. The molecule has 0 radical (unpaired) electrons. The summed E-state index contributed by atoms with van der Waals surface area (Å²) in [6.45, 7) is 4.14. The molecular weight excluding hydrogens is 449 g/mol. The molecule has 3 aromatic carbocycles. The first-order chi connectivity index (χ1) is 15.4. The van der Waals surface area contributed by atoms with E-state index in [1.165, 1.54) is 59.9 Å². The van der Waals surface area contributed by atoms with Gasteiger partial charge in [-0.2, -0.15) is 4.99 Å². The van der Waals surface area contributed by atoms with E-state index in [0.717, 1.165) is 5.52 Å². The van der Waals surface area contributed by atoms with Crippen LogP contribution in [0.5, 0.6) is 0 Å². The molecule has 4 aromatic rings. The molecule has 0 aliphatic rings. The molecule has 0 spiro atoms. The molecule has 0 saturated carbocycles. The maximum Gasteiger partial charge on any atom is 0.279 e. The predicted molar refractivity (Wildman–Crippen MR) is 124 cm³/mol. The van der Waals surface area contributed by atoms with Crippen molar-refractivity contribution in [1.29, 1.82) is 0 Å². The number of carbonyl (C=O) groups excluding carboxylic acids is 1. The SMILES string of the molecule is C=CCn1c(=NC(=O)c2ccc(NS(=O)(=O)c3ccccc3)cc2)sc2cc(F)ccc21. The molecule has 1 amide bonds. The smallest absolute Gasteiger partial charge is 0.279 e. The molecule has 0 unspecified atom stereocenters. The van der Waals surface area contributed by atoms with Crippen LogP contribution >= 0.6 is 11.3 Å². The van der Waals surface area contributed by atoms with Crippen LogP contribution in [0.4, 0.5) is 10.1 Å². The molecule has 0 atom stereocenters. The zero-order valence-electron chi connectivity index (χ0n) is 16.7. The first kappa shape index (κ1) is 21.7. The summed E-state index contributed by atoms with van der Waals surface area (Å²) in [6, 6.07) is 18.4. The number of nitrogens with one attached hydrogen (secondary N) is 1. The Morgan fingerprint density at radius 1 is 1.09 bits per heavy atom. The minimum absolute atomic E-state index is 0.142. The Hall–Kier alpha value is -3.56. The van der Waals surface area contributed by atoms with E-state index in [9.17, 15) is 17.6 Å². The summed E-state index contributed by atoms with van der Waals surface area (Å²) in [4.78, 5) is 17.5. The Bertz CT molecular complexity index is 1470. The highest BCUT2D eigenvalue weighted by atomic mass is 32.2. The third-order valence-electron chi connectivity index (χ3n) is 4.59. The molecule has 162 valence electrons. The third-order valence-corrected chi connectivity index (χ3v) is 7.03. The fraction of sp³-hybridized carbons (Fsp3) is 0.0435. The number of hydrogen-bond acceptors (Lipinski definition) is 4. The Balaban J connectivity index is 1.61. The van der Waals surface area contributed by atoms with Crippen LogP contribution < -0.4 is 9.52 Å². The van der Waals surface area contributed by atoms with Gasteiger partial charge >= 0.3 is 0 Å². The Kier molecular flexibility index (Phi) is 6.02. The molecule has 1 aromatic heterocycles. The van der Waals surface area contributed by atoms with Crippen molar-refractivity contribution in [3.63, 3.8) is 0 Å². The Morgan fingerprint density at radius 2 is 1.81 bits per heavy atom. The highest BCUT2D eigenvalue weighted by molar-refractivity contribution is 7.92.